The molecule has 3 aromatic rings. The largest absolute Gasteiger partial charge is 0.0683 e. The smallest absolute Gasteiger partial charge is 0.0230 e. The molecule has 0 atom stereocenters. The van der Waals surface area contributed by atoms with Gasteiger partial charge in [0.1, 0.15) is 0 Å². The quantitative estimate of drug-likeness (QED) is 0.399. The first-order valence-corrected chi connectivity index (χ1v) is 10.3. The second-order valence-electron chi connectivity index (χ2n) is 8.03. The maximum absolute atomic E-state index is 2.27. The van der Waals surface area contributed by atoms with Crippen molar-refractivity contribution in [2.75, 3.05) is 0 Å². The molecule has 3 rings (SSSR count). The summed E-state index contributed by atoms with van der Waals surface area (Å²) in [7, 11) is 0. The van der Waals surface area contributed by atoms with Crippen molar-refractivity contribution in [2.24, 2.45) is 5.41 Å². The SMILES string of the molecule is CC.Cc1ccc(CC(C)(C)C)cc1.Cc1ccccc1.Cc1ccccc1. The van der Waals surface area contributed by atoms with Gasteiger partial charge in [0.2, 0.25) is 0 Å². The van der Waals surface area contributed by atoms with Gasteiger partial charge >= 0.3 is 0 Å². The van der Waals surface area contributed by atoms with E-state index in [9.17, 15) is 0 Å². The van der Waals surface area contributed by atoms with E-state index in [0.29, 0.717) is 5.41 Å². The van der Waals surface area contributed by atoms with Gasteiger partial charge in [0.25, 0.3) is 0 Å². The Morgan fingerprint density at radius 2 is 0.821 bits per heavy atom. The number of hydrogen-bond donors (Lipinski definition) is 0. The molecule has 28 heavy (non-hydrogen) atoms. The van der Waals surface area contributed by atoms with E-state index in [4.69, 9.17) is 0 Å². The summed E-state index contributed by atoms with van der Waals surface area (Å²) in [5, 5.41) is 0. The van der Waals surface area contributed by atoms with Crippen molar-refractivity contribution in [3.63, 3.8) is 0 Å². The molecule has 0 spiro atoms. The average molecular weight is 377 g/mol. The van der Waals surface area contributed by atoms with Crippen LogP contribution in [0.25, 0.3) is 0 Å². The Morgan fingerprint density at radius 3 is 1.07 bits per heavy atom. The van der Waals surface area contributed by atoms with Crippen molar-refractivity contribution in [2.45, 2.75) is 61.8 Å². The average Bonchev–Trinajstić information content (AvgIpc) is 2.67. The molecule has 0 fully saturated rings. The minimum Gasteiger partial charge on any atom is -0.0683 e. The van der Waals surface area contributed by atoms with Gasteiger partial charge in [0.05, 0.1) is 0 Å². The van der Waals surface area contributed by atoms with Crippen LogP contribution >= 0.6 is 0 Å². The molecule has 0 bridgehead atoms. The van der Waals surface area contributed by atoms with Gasteiger partial charge in [0.15, 0.2) is 0 Å². The fourth-order valence-electron chi connectivity index (χ4n) is 2.39. The van der Waals surface area contributed by atoms with E-state index in [1.807, 2.05) is 50.2 Å². The third-order valence-electron chi connectivity index (χ3n) is 3.74. The number of benzene rings is 3. The van der Waals surface area contributed by atoms with Gasteiger partial charge in [0, 0.05) is 0 Å². The summed E-state index contributed by atoms with van der Waals surface area (Å²) >= 11 is 0. The predicted molar refractivity (Wildman–Crippen MR) is 128 cm³/mol. The van der Waals surface area contributed by atoms with E-state index in [-0.39, 0.29) is 0 Å². The molecule has 0 aliphatic heterocycles. The Balaban J connectivity index is 0.000000393. The minimum atomic E-state index is 0.398. The molecule has 0 saturated heterocycles. The van der Waals surface area contributed by atoms with Gasteiger partial charge < -0.3 is 0 Å². The Bertz CT molecular complexity index is 664. The first-order valence-electron chi connectivity index (χ1n) is 10.3. The van der Waals surface area contributed by atoms with Crippen LogP contribution in [0.1, 0.15) is 56.9 Å². The van der Waals surface area contributed by atoms with Crippen molar-refractivity contribution in [3.05, 3.63) is 107 Å². The van der Waals surface area contributed by atoms with Crippen molar-refractivity contribution in [1.29, 1.82) is 0 Å². The molecule has 0 aliphatic carbocycles. The Kier molecular flexibility index (Phi) is 13.5. The second kappa shape index (κ2) is 14.7. The number of rotatable bonds is 1. The zero-order valence-corrected chi connectivity index (χ0v) is 19.3. The Labute approximate surface area is 174 Å². The fourth-order valence-corrected chi connectivity index (χ4v) is 2.39. The summed E-state index contributed by atoms with van der Waals surface area (Å²) < 4.78 is 0. The summed E-state index contributed by atoms with van der Waals surface area (Å²) in [6.45, 7) is 17.1. The van der Waals surface area contributed by atoms with Crippen molar-refractivity contribution in [3.8, 4) is 0 Å². The highest BCUT2D eigenvalue weighted by molar-refractivity contribution is 5.22. The van der Waals surface area contributed by atoms with Crippen LogP contribution in [0.5, 0.6) is 0 Å². The first-order chi connectivity index (χ1) is 13.3. The highest BCUT2D eigenvalue weighted by atomic mass is 14.2. The minimum absolute atomic E-state index is 0.398. The van der Waals surface area contributed by atoms with E-state index in [1.165, 1.54) is 22.3 Å². The lowest BCUT2D eigenvalue weighted by atomic mass is 9.88. The fraction of sp³-hybridized carbons (Fsp3) is 0.357. The van der Waals surface area contributed by atoms with Crippen LogP contribution in [0.2, 0.25) is 0 Å². The number of aryl methyl sites for hydroxylation is 3. The molecule has 0 aliphatic rings. The summed E-state index contributed by atoms with van der Waals surface area (Å²) in [4.78, 5) is 0. The second-order valence-corrected chi connectivity index (χ2v) is 8.03. The zero-order valence-electron chi connectivity index (χ0n) is 19.3. The number of hydrogen-bond acceptors (Lipinski definition) is 0. The Hall–Kier alpha value is -2.34. The molecule has 0 aromatic heterocycles. The highest BCUT2D eigenvalue weighted by Crippen LogP contribution is 2.20. The molecular formula is C28H40. The van der Waals surface area contributed by atoms with Gasteiger partial charge in [-0.25, -0.2) is 0 Å². The van der Waals surface area contributed by atoms with Gasteiger partial charge in [-0.3, -0.25) is 0 Å². The van der Waals surface area contributed by atoms with Crippen LogP contribution in [0, 0.1) is 26.2 Å². The van der Waals surface area contributed by atoms with E-state index in [0.717, 1.165) is 6.42 Å². The predicted octanol–water partition coefficient (Wildman–Crippen LogP) is 8.60. The molecule has 0 unspecified atom stereocenters. The summed E-state index contributed by atoms with van der Waals surface area (Å²) in [6.07, 6.45) is 1.16. The molecule has 0 heterocycles. The first kappa shape index (κ1) is 25.7. The monoisotopic (exact) mass is 376 g/mol. The van der Waals surface area contributed by atoms with Gasteiger partial charge in [-0.2, -0.15) is 0 Å². The Morgan fingerprint density at radius 1 is 0.500 bits per heavy atom. The third-order valence-corrected chi connectivity index (χ3v) is 3.74. The van der Waals surface area contributed by atoms with E-state index in [1.54, 1.807) is 0 Å². The van der Waals surface area contributed by atoms with E-state index in [2.05, 4.69) is 90.1 Å². The molecule has 3 aromatic carbocycles. The standard InChI is InChI=1S/C12H18.2C7H8.C2H6/c1-10-5-7-11(8-6-10)9-12(2,3)4;2*1-7-5-3-2-4-6-7;1-2/h5-8H,9H2,1-4H3;2*2-6H,1H3;1-2H3. The van der Waals surface area contributed by atoms with Crippen molar-refractivity contribution < 1.29 is 0 Å². The maximum Gasteiger partial charge on any atom is -0.0230 e. The van der Waals surface area contributed by atoms with E-state index >= 15 is 0 Å². The summed E-state index contributed by atoms with van der Waals surface area (Å²) in [5.74, 6) is 0. The van der Waals surface area contributed by atoms with E-state index < -0.39 is 0 Å². The molecule has 0 heteroatoms. The molecule has 0 radical (unpaired) electrons. The van der Waals surface area contributed by atoms with Crippen LogP contribution in [0.4, 0.5) is 0 Å². The zero-order chi connectivity index (χ0) is 21.4. The van der Waals surface area contributed by atoms with Crippen LogP contribution in [-0.4, -0.2) is 0 Å². The van der Waals surface area contributed by atoms with Gasteiger partial charge in [-0.15, -0.1) is 0 Å². The summed E-state index contributed by atoms with van der Waals surface area (Å²) in [5.41, 5.74) is 5.82. The molecule has 0 N–H and O–H groups in total. The summed E-state index contributed by atoms with van der Waals surface area (Å²) in [6, 6.07) is 29.3. The van der Waals surface area contributed by atoms with Crippen molar-refractivity contribution in [1.82, 2.24) is 0 Å². The van der Waals surface area contributed by atoms with Crippen LogP contribution in [0.15, 0.2) is 84.9 Å². The molecule has 0 nitrogen and oxygen atoms in total. The lowest BCUT2D eigenvalue weighted by Crippen LogP contribution is -2.08. The molecule has 0 saturated carbocycles. The lowest BCUT2D eigenvalue weighted by Gasteiger charge is -2.17. The van der Waals surface area contributed by atoms with Crippen LogP contribution < -0.4 is 0 Å². The van der Waals surface area contributed by atoms with Gasteiger partial charge in [-0.05, 0) is 38.2 Å². The van der Waals surface area contributed by atoms with Crippen LogP contribution in [-0.2, 0) is 6.42 Å². The molecular weight excluding hydrogens is 336 g/mol. The third kappa shape index (κ3) is 14.8. The molecule has 152 valence electrons. The lowest BCUT2D eigenvalue weighted by molar-refractivity contribution is 0.411. The molecule has 0 amide bonds. The normalized spacial score (nSPS) is 9.57. The maximum atomic E-state index is 2.27. The van der Waals surface area contributed by atoms with Crippen molar-refractivity contribution >= 4 is 0 Å². The van der Waals surface area contributed by atoms with Gasteiger partial charge in [-0.1, -0.05) is 136 Å². The topological polar surface area (TPSA) is 0 Å². The highest BCUT2D eigenvalue weighted by Gasteiger charge is 2.10. The van der Waals surface area contributed by atoms with Crippen LogP contribution in [0.3, 0.4) is 0 Å².